The molecular formula is C32H35N5O3. The van der Waals surface area contributed by atoms with Crippen LogP contribution in [0.5, 0.6) is 0 Å². The van der Waals surface area contributed by atoms with Crippen LogP contribution >= 0.6 is 0 Å². The summed E-state index contributed by atoms with van der Waals surface area (Å²) in [5.74, 6) is 0.755. The number of carbonyl (C=O) groups is 2. The van der Waals surface area contributed by atoms with E-state index in [2.05, 4.69) is 32.2 Å². The number of morpholine rings is 1. The number of aromatic nitrogens is 2. The highest BCUT2D eigenvalue weighted by Crippen LogP contribution is 2.24. The fourth-order valence-electron chi connectivity index (χ4n) is 5.46. The molecule has 2 aliphatic heterocycles. The minimum atomic E-state index is -0.0793. The van der Waals surface area contributed by atoms with Gasteiger partial charge in [-0.1, -0.05) is 18.2 Å². The molecule has 8 nitrogen and oxygen atoms in total. The molecular weight excluding hydrogens is 502 g/mol. The van der Waals surface area contributed by atoms with Crippen LogP contribution in [0.3, 0.4) is 0 Å². The van der Waals surface area contributed by atoms with Gasteiger partial charge in [0, 0.05) is 68.1 Å². The zero-order valence-electron chi connectivity index (χ0n) is 22.7. The lowest BCUT2D eigenvalue weighted by atomic mass is 10.0. The molecule has 0 spiro atoms. The SMILES string of the molecule is O=C(Cc1ccc2nc(-c3ccc(C(=O)NCCN4CCOCC4)cc3)[nH]c2c1)c1ccc(N2CCCC2)cc1. The number of hydrogen-bond donors (Lipinski definition) is 2. The Morgan fingerprint density at radius 1 is 0.875 bits per heavy atom. The summed E-state index contributed by atoms with van der Waals surface area (Å²) in [6, 6.07) is 21.4. The molecule has 0 radical (unpaired) electrons. The number of anilines is 1. The number of carbonyl (C=O) groups excluding carboxylic acids is 2. The largest absolute Gasteiger partial charge is 0.379 e. The van der Waals surface area contributed by atoms with Gasteiger partial charge in [0.1, 0.15) is 5.82 Å². The van der Waals surface area contributed by atoms with E-state index in [0.717, 1.165) is 79.5 Å². The second-order valence-electron chi connectivity index (χ2n) is 10.6. The lowest BCUT2D eigenvalue weighted by Gasteiger charge is -2.26. The predicted molar refractivity (Wildman–Crippen MR) is 157 cm³/mol. The molecule has 0 aliphatic carbocycles. The number of benzene rings is 3. The molecule has 2 saturated heterocycles. The Hall–Kier alpha value is -4.01. The molecule has 0 unspecified atom stereocenters. The summed E-state index contributed by atoms with van der Waals surface area (Å²) in [6.45, 7) is 6.94. The van der Waals surface area contributed by atoms with E-state index in [0.29, 0.717) is 18.5 Å². The summed E-state index contributed by atoms with van der Waals surface area (Å²) in [7, 11) is 0. The van der Waals surface area contributed by atoms with Gasteiger partial charge in [-0.3, -0.25) is 14.5 Å². The van der Waals surface area contributed by atoms with E-state index in [9.17, 15) is 9.59 Å². The maximum atomic E-state index is 13.0. The number of imidazole rings is 1. The molecule has 0 saturated carbocycles. The van der Waals surface area contributed by atoms with Crippen molar-refractivity contribution >= 4 is 28.4 Å². The van der Waals surface area contributed by atoms with Crippen LogP contribution in [0.15, 0.2) is 66.7 Å². The molecule has 8 heteroatoms. The van der Waals surface area contributed by atoms with Crippen molar-refractivity contribution in [3.05, 3.63) is 83.4 Å². The van der Waals surface area contributed by atoms with Crippen LogP contribution in [-0.4, -0.2) is 79.0 Å². The minimum Gasteiger partial charge on any atom is -0.379 e. The van der Waals surface area contributed by atoms with Crippen LogP contribution in [0.2, 0.25) is 0 Å². The van der Waals surface area contributed by atoms with Crippen LogP contribution in [0, 0.1) is 0 Å². The van der Waals surface area contributed by atoms with Crippen molar-refractivity contribution in [3.63, 3.8) is 0 Å². The van der Waals surface area contributed by atoms with Crippen molar-refractivity contribution in [2.75, 3.05) is 57.4 Å². The highest BCUT2D eigenvalue weighted by Gasteiger charge is 2.15. The Morgan fingerprint density at radius 2 is 1.60 bits per heavy atom. The highest BCUT2D eigenvalue weighted by atomic mass is 16.5. The van der Waals surface area contributed by atoms with E-state index < -0.39 is 0 Å². The first-order valence-corrected chi connectivity index (χ1v) is 14.2. The Bertz CT molecular complexity index is 1470. The van der Waals surface area contributed by atoms with Gasteiger partial charge < -0.3 is 19.9 Å². The molecule has 0 bridgehead atoms. The Morgan fingerprint density at radius 3 is 2.35 bits per heavy atom. The predicted octanol–water partition coefficient (Wildman–Crippen LogP) is 4.32. The number of ketones is 1. The molecule has 1 amide bonds. The standard InChI is InChI=1S/C32H35N5O3/c38-30(24-8-10-27(11-9-24)37-14-1-2-15-37)22-23-3-12-28-29(21-23)35-31(34-28)25-4-6-26(7-5-25)32(39)33-13-16-36-17-19-40-20-18-36/h3-12,21H,1-2,13-20,22H2,(H,33,39)(H,34,35). The smallest absolute Gasteiger partial charge is 0.251 e. The van der Waals surface area contributed by atoms with Crippen molar-refractivity contribution < 1.29 is 14.3 Å². The number of H-pyrrole nitrogens is 1. The number of amides is 1. The van der Waals surface area contributed by atoms with Crippen molar-refractivity contribution in [1.82, 2.24) is 20.2 Å². The highest BCUT2D eigenvalue weighted by molar-refractivity contribution is 5.98. The first-order chi connectivity index (χ1) is 19.6. The van der Waals surface area contributed by atoms with Gasteiger partial charge in [0.25, 0.3) is 5.91 Å². The third kappa shape index (κ3) is 6.08. The molecule has 2 N–H and O–H groups in total. The molecule has 206 valence electrons. The van der Waals surface area contributed by atoms with E-state index in [1.165, 1.54) is 18.5 Å². The van der Waals surface area contributed by atoms with Crippen LogP contribution < -0.4 is 10.2 Å². The molecule has 2 aliphatic rings. The number of aromatic amines is 1. The van der Waals surface area contributed by atoms with Gasteiger partial charge >= 0.3 is 0 Å². The lowest BCUT2D eigenvalue weighted by Crippen LogP contribution is -2.41. The average molecular weight is 538 g/mol. The van der Waals surface area contributed by atoms with Crippen molar-refractivity contribution in [3.8, 4) is 11.4 Å². The van der Waals surface area contributed by atoms with E-state index >= 15 is 0 Å². The Kier molecular flexibility index (Phi) is 7.88. The van der Waals surface area contributed by atoms with Gasteiger partial charge in [-0.25, -0.2) is 4.98 Å². The first-order valence-electron chi connectivity index (χ1n) is 14.2. The first kappa shape index (κ1) is 26.2. The quantitative estimate of drug-likeness (QED) is 0.309. The van der Waals surface area contributed by atoms with Crippen LogP contribution in [0.4, 0.5) is 5.69 Å². The second-order valence-corrected chi connectivity index (χ2v) is 10.6. The van der Waals surface area contributed by atoms with E-state index in [1.807, 2.05) is 54.6 Å². The topological polar surface area (TPSA) is 90.6 Å². The molecule has 3 aromatic carbocycles. The van der Waals surface area contributed by atoms with Gasteiger partial charge in [-0.2, -0.15) is 0 Å². The van der Waals surface area contributed by atoms with Crippen LogP contribution in [0.1, 0.15) is 39.1 Å². The van der Waals surface area contributed by atoms with Crippen molar-refractivity contribution in [2.24, 2.45) is 0 Å². The van der Waals surface area contributed by atoms with Crippen LogP contribution in [-0.2, 0) is 11.2 Å². The fraction of sp³-hybridized carbons (Fsp3) is 0.344. The van der Waals surface area contributed by atoms with Gasteiger partial charge in [-0.15, -0.1) is 0 Å². The third-order valence-corrected chi connectivity index (χ3v) is 7.81. The maximum Gasteiger partial charge on any atom is 0.251 e. The molecule has 4 aromatic rings. The van der Waals surface area contributed by atoms with Gasteiger partial charge in [0.05, 0.1) is 24.2 Å². The molecule has 1 aromatic heterocycles. The number of rotatable bonds is 9. The van der Waals surface area contributed by atoms with E-state index in [-0.39, 0.29) is 11.7 Å². The summed E-state index contributed by atoms with van der Waals surface area (Å²) in [5.41, 5.74) is 6.12. The van der Waals surface area contributed by atoms with Gasteiger partial charge in [-0.05, 0) is 66.9 Å². The molecule has 40 heavy (non-hydrogen) atoms. The summed E-state index contributed by atoms with van der Waals surface area (Å²) in [6.07, 6.45) is 2.80. The summed E-state index contributed by atoms with van der Waals surface area (Å²) in [5, 5.41) is 3.00. The van der Waals surface area contributed by atoms with Gasteiger partial charge in [0.2, 0.25) is 0 Å². The number of nitrogens with zero attached hydrogens (tertiary/aromatic N) is 3. The van der Waals surface area contributed by atoms with E-state index in [1.54, 1.807) is 0 Å². The minimum absolute atomic E-state index is 0.0793. The molecule has 3 heterocycles. The summed E-state index contributed by atoms with van der Waals surface area (Å²) >= 11 is 0. The van der Waals surface area contributed by atoms with Crippen molar-refractivity contribution in [1.29, 1.82) is 0 Å². The third-order valence-electron chi connectivity index (χ3n) is 7.81. The number of hydrogen-bond acceptors (Lipinski definition) is 6. The van der Waals surface area contributed by atoms with Crippen LogP contribution in [0.25, 0.3) is 22.4 Å². The zero-order chi connectivity index (χ0) is 27.3. The molecule has 2 fully saturated rings. The molecule has 0 atom stereocenters. The molecule has 6 rings (SSSR count). The van der Waals surface area contributed by atoms with E-state index in [4.69, 9.17) is 9.72 Å². The fourth-order valence-corrected chi connectivity index (χ4v) is 5.46. The monoisotopic (exact) mass is 537 g/mol. The summed E-state index contributed by atoms with van der Waals surface area (Å²) < 4.78 is 5.37. The zero-order valence-corrected chi connectivity index (χ0v) is 22.7. The number of ether oxygens (including phenoxy) is 1. The average Bonchev–Trinajstić information content (AvgIpc) is 3.68. The summed E-state index contributed by atoms with van der Waals surface area (Å²) in [4.78, 5) is 38.3. The van der Waals surface area contributed by atoms with Gasteiger partial charge in [0.15, 0.2) is 5.78 Å². The number of Topliss-reactive ketones (excluding diaryl/α,β-unsaturated/α-hetero) is 1. The lowest BCUT2D eigenvalue weighted by molar-refractivity contribution is 0.0383. The normalized spacial score (nSPS) is 15.9. The second kappa shape index (κ2) is 12.0. The Labute approximate surface area is 234 Å². The van der Waals surface area contributed by atoms with Crippen molar-refractivity contribution in [2.45, 2.75) is 19.3 Å². The number of fused-ring (bicyclic) bond motifs is 1. The number of nitrogens with one attached hydrogen (secondary N) is 2. The Balaban J connectivity index is 1.07. The maximum absolute atomic E-state index is 13.0.